The first kappa shape index (κ1) is 24.9. The van der Waals surface area contributed by atoms with Gasteiger partial charge in [-0.05, 0) is 6.42 Å². The average molecular weight is 372 g/mol. The van der Waals surface area contributed by atoms with Crippen LogP contribution in [0.15, 0.2) is 0 Å². The predicted octanol–water partition coefficient (Wildman–Crippen LogP) is 4.51. The lowest BCUT2D eigenvalue weighted by molar-refractivity contribution is -0.148. The van der Waals surface area contributed by atoms with Gasteiger partial charge in [-0.1, -0.05) is 90.4 Å². The van der Waals surface area contributed by atoms with Crippen LogP contribution in [0, 0.1) is 0 Å². The van der Waals surface area contributed by atoms with Gasteiger partial charge in [-0.3, -0.25) is 4.79 Å². The van der Waals surface area contributed by atoms with Crippen molar-refractivity contribution in [1.29, 1.82) is 0 Å². The van der Waals surface area contributed by atoms with E-state index < -0.39 is 18.1 Å². The molecular formula is C21H41NO4. The molecule has 0 unspecified atom stereocenters. The van der Waals surface area contributed by atoms with Crippen molar-refractivity contribution in [3.63, 3.8) is 0 Å². The van der Waals surface area contributed by atoms with Crippen molar-refractivity contribution in [3.8, 4) is 0 Å². The molecule has 0 aromatic rings. The van der Waals surface area contributed by atoms with E-state index in [0.29, 0.717) is 6.42 Å². The largest absolute Gasteiger partial charge is 0.467 e. The van der Waals surface area contributed by atoms with Gasteiger partial charge in [0.15, 0.2) is 6.04 Å². The van der Waals surface area contributed by atoms with Gasteiger partial charge >= 0.3 is 5.97 Å². The number of ether oxygens (including phenoxy) is 1. The number of hydrogen-bond donors (Lipinski definition) is 2. The summed E-state index contributed by atoms with van der Waals surface area (Å²) in [7, 11) is 1.26. The molecule has 0 rings (SSSR count). The molecule has 0 aromatic carbocycles. The second-order valence-corrected chi connectivity index (χ2v) is 7.30. The number of amides is 1. The molecule has 0 aromatic heterocycles. The van der Waals surface area contributed by atoms with Crippen LogP contribution in [0.4, 0.5) is 0 Å². The van der Waals surface area contributed by atoms with E-state index >= 15 is 0 Å². The fourth-order valence-electron chi connectivity index (χ4n) is 3.20. The highest BCUT2D eigenvalue weighted by atomic mass is 16.5. The molecule has 5 heteroatoms. The Balaban J connectivity index is 3.58. The first-order valence-corrected chi connectivity index (χ1v) is 10.6. The molecule has 0 radical (unpaired) electrons. The number of carbonyl (C=O) groups is 2. The fraction of sp³-hybridized carbons (Fsp3) is 0.905. The molecule has 0 spiro atoms. The normalized spacial score (nSPS) is 13.2. The van der Waals surface area contributed by atoms with Crippen LogP contribution in [0.25, 0.3) is 0 Å². The molecule has 154 valence electrons. The van der Waals surface area contributed by atoms with Crippen molar-refractivity contribution in [2.75, 3.05) is 7.11 Å². The molecule has 0 aliphatic rings. The molecule has 5 nitrogen and oxygen atoms in total. The fourth-order valence-corrected chi connectivity index (χ4v) is 3.20. The summed E-state index contributed by atoms with van der Waals surface area (Å²) in [4.78, 5) is 22.8. The van der Waals surface area contributed by atoms with E-state index in [1.807, 2.05) is 0 Å². The van der Waals surface area contributed by atoms with Crippen LogP contribution >= 0.6 is 0 Å². The third-order valence-corrected chi connectivity index (χ3v) is 4.80. The Labute approximate surface area is 160 Å². The zero-order valence-electron chi connectivity index (χ0n) is 17.2. The van der Waals surface area contributed by atoms with E-state index in [1.165, 1.54) is 78.2 Å². The molecule has 2 atom stereocenters. The molecule has 0 heterocycles. The maximum Gasteiger partial charge on any atom is 0.331 e. The van der Waals surface area contributed by atoms with Crippen LogP contribution in [-0.4, -0.2) is 36.2 Å². The predicted molar refractivity (Wildman–Crippen MR) is 106 cm³/mol. The van der Waals surface area contributed by atoms with Crippen molar-refractivity contribution in [1.82, 2.24) is 5.32 Å². The smallest absolute Gasteiger partial charge is 0.331 e. The van der Waals surface area contributed by atoms with Gasteiger partial charge in [-0.25, -0.2) is 4.79 Å². The number of nitrogens with one attached hydrogen (secondary N) is 1. The van der Waals surface area contributed by atoms with Crippen molar-refractivity contribution in [2.45, 2.75) is 116 Å². The molecule has 0 aliphatic carbocycles. The Bertz CT molecular complexity index is 360. The molecule has 1 amide bonds. The Kier molecular flexibility index (Phi) is 16.6. The summed E-state index contributed by atoms with van der Waals surface area (Å²) in [6.07, 6.45) is 16.1. The van der Waals surface area contributed by atoms with Crippen LogP contribution in [0.5, 0.6) is 0 Å². The maximum atomic E-state index is 11.6. The van der Waals surface area contributed by atoms with E-state index in [9.17, 15) is 14.7 Å². The first-order valence-electron chi connectivity index (χ1n) is 10.6. The lowest BCUT2D eigenvalue weighted by Crippen LogP contribution is -2.48. The molecule has 0 bridgehead atoms. The van der Waals surface area contributed by atoms with Gasteiger partial charge < -0.3 is 15.2 Å². The van der Waals surface area contributed by atoms with Crippen molar-refractivity contribution in [3.05, 3.63) is 0 Å². The maximum absolute atomic E-state index is 11.6. The van der Waals surface area contributed by atoms with E-state index in [-0.39, 0.29) is 5.91 Å². The number of methoxy groups -OCH3 is 1. The van der Waals surface area contributed by atoms with Gasteiger partial charge in [0.05, 0.1) is 13.2 Å². The standard InChI is InChI=1S/C21H41NO4/c1-4-5-6-7-8-9-10-11-12-13-14-15-16-17-19(24)20(21(25)26-3)22-18(2)23/h19-20,24H,4-17H2,1-3H3,(H,22,23)/t19-,20+/m0/s1. The van der Waals surface area contributed by atoms with Crippen molar-refractivity contribution < 1.29 is 19.4 Å². The summed E-state index contributed by atoms with van der Waals surface area (Å²) in [6.45, 7) is 3.58. The highest BCUT2D eigenvalue weighted by molar-refractivity contribution is 5.83. The highest BCUT2D eigenvalue weighted by Crippen LogP contribution is 2.14. The highest BCUT2D eigenvalue weighted by Gasteiger charge is 2.27. The minimum atomic E-state index is -0.963. The first-order chi connectivity index (χ1) is 12.5. The van der Waals surface area contributed by atoms with E-state index in [4.69, 9.17) is 0 Å². The number of rotatable bonds is 17. The molecule has 2 N–H and O–H groups in total. The second kappa shape index (κ2) is 17.3. The zero-order valence-corrected chi connectivity index (χ0v) is 17.2. The SMILES string of the molecule is CCCCCCCCCCCCCCC[C@H](O)[C@@H](NC(C)=O)C(=O)OC. The van der Waals surface area contributed by atoms with Gasteiger partial charge in [0.1, 0.15) is 0 Å². The second-order valence-electron chi connectivity index (χ2n) is 7.30. The Morgan fingerprint density at radius 3 is 1.65 bits per heavy atom. The van der Waals surface area contributed by atoms with Gasteiger partial charge in [-0.15, -0.1) is 0 Å². The topological polar surface area (TPSA) is 75.6 Å². The quantitative estimate of drug-likeness (QED) is 0.291. The third kappa shape index (κ3) is 14.1. The van der Waals surface area contributed by atoms with Gasteiger partial charge in [0, 0.05) is 6.92 Å². The Morgan fingerprint density at radius 1 is 0.846 bits per heavy atom. The minimum absolute atomic E-state index is 0.343. The van der Waals surface area contributed by atoms with Crippen LogP contribution < -0.4 is 5.32 Å². The van der Waals surface area contributed by atoms with Crippen molar-refractivity contribution in [2.24, 2.45) is 0 Å². The van der Waals surface area contributed by atoms with E-state index in [0.717, 1.165) is 19.3 Å². The van der Waals surface area contributed by atoms with Crippen LogP contribution in [0.1, 0.15) is 104 Å². The lowest BCUT2D eigenvalue weighted by Gasteiger charge is -2.21. The van der Waals surface area contributed by atoms with Crippen LogP contribution in [0.2, 0.25) is 0 Å². The van der Waals surface area contributed by atoms with Crippen LogP contribution in [0.3, 0.4) is 0 Å². The van der Waals surface area contributed by atoms with E-state index in [2.05, 4.69) is 17.0 Å². The average Bonchev–Trinajstić information content (AvgIpc) is 2.62. The zero-order chi connectivity index (χ0) is 19.6. The number of hydrogen-bond acceptors (Lipinski definition) is 4. The van der Waals surface area contributed by atoms with Crippen LogP contribution in [-0.2, 0) is 14.3 Å². The van der Waals surface area contributed by atoms with E-state index in [1.54, 1.807) is 0 Å². The molecule has 26 heavy (non-hydrogen) atoms. The summed E-state index contributed by atoms with van der Waals surface area (Å²) in [5.41, 5.74) is 0. The van der Waals surface area contributed by atoms with Gasteiger partial charge in [-0.2, -0.15) is 0 Å². The molecule has 0 fully saturated rings. The summed E-state index contributed by atoms with van der Waals surface area (Å²) >= 11 is 0. The number of carbonyl (C=O) groups excluding carboxylic acids is 2. The lowest BCUT2D eigenvalue weighted by atomic mass is 10.0. The molecule has 0 saturated heterocycles. The molecular weight excluding hydrogens is 330 g/mol. The summed E-state index contributed by atoms with van der Waals surface area (Å²) < 4.78 is 4.64. The summed E-state index contributed by atoms with van der Waals surface area (Å²) in [5, 5.41) is 12.6. The van der Waals surface area contributed by atoms with Crippen molar-refractivity contribution >= 4 is 11.9 Å². The summed E-state index contributed by atoms with van der Waals surface area (Å²) in [5.74, 6) is -0.938. The van der Waals surface area contributed by atoms with Gasteiger partial charge in [0.25, 0.3) is 0 Å². The number of unbranched alkanes of at least 4 members (excludes halogenated alkanes) is 12. The molecule has 0 aliphatic heterocycles. The Morgan fingerprint density at radius 2 is 1.27 bits per heavy atom. The number of esters is 1. The van der Waals surface area contributed by atoms with Gasteiger partial charge in [0.2, 0.25) is 5.91 Å². The minimum Gasteiger partial charge on any atom is -0.467 e. The number of aliphatic hydroxyl groups is 1. The number of aliphatic hydroxyl groups excluding tert-OH is 1. The Hall–Kier alpha value is -1.10. The summed E-state index contributed by atoms with van der Waals surface area (Å²) in [6, 6.07) is -0.963. The monoisotopic (exact) mass is 371 g/mol. The molecule has 0 saturated carbocycles. The third-order valence-electron chi connectivity index (χ3n) is 4.80.